The number of aromatic nitrogens is 2. The van der Waals surface area contributed by atoms with Crippen LogP contribution in [0.4, 0.5) is 8.78 Å². The van der Waals surface area contributed by atoms with Gasteiger partial charge in [-0.15, -0.1) is 0 Å². The monoisotopic (exact) mass is 349 g/mol. The SMILES string of the molecule is CCNC(=NCc1c(C)nn(C)c1C)NCCc1cc(F)ccc1F. The molecule has 0 fully saturated rings. The van der Waals surface area contributed by atoms with Gasteiger partial charge in [-0.3, -0.25) is 4.68 Å². The van der Waals surface area contributed by atoms with Gasteiger partial charge in [0.1, 0.15) is 11.6 Å². The number of aryl methyl sites for hydroxylation is 2. The highest BCUT2D eigenvalue weighted by Crippen LogP contribution is 2.13. The number of nitrogens with one attached hydrogen (secondary N) is 2. The van der Waals surface area contributed by atoms with Gasteiger partial charge in [-0.2, -0.15) is 5.10 Å². The first kappa shape index (κ1) is 18.9. The lowest BCUT2D eigenvalue weighted by Crippen LogP contribution is -2.38. The first-order valence-electron chi connectivity index (χ1n) is 8.37. The average Bonchev–Trinajstić information content (AvgIpc) is 2.81. The average molecular weight is 349 g/mol. The van der Waals surface area contributed by atoms with Crippen molar-refractivity contribution < 1.29 is 8.78 Å². The van der Waals surface area contributed by atoms with E-state index in [4.69, 9.17) is 0 Å². The molecule has 2 N–H and O–H groups in total. The number of benzene rings is 1. The third kappa shape index (κ3) is 5.01. The number of guanidine groups is 1. The van der Waals surface area contributed by atoms with E-state index in [2.05, 4.69) is 20.7 Å². The van der Waals surface area contributed by atoms with Crippen LogP contribution >= 0.6 is 0 Å². The maximum atomic E-state index is 13.7. The second-order valence-electron chi connectivity index (χ2n) is 5.88. The Morgan fingerprint density at radius 3 is 2.64 bits per heavy atom. The van der Waals surface area contributed by atoms with Crippen molar-refractivity contribution in [3.05, 3.63) is 52.3 Å². The summed E-state index contributed by atoms with van der Waals surface area (Å²) in [7, 11) is 1.91. The van der Waals surface area contributed by atoms with Crippen LogP contribution in [0.25, 0.3) is 0 Å². The Bertz CT molecular complexity index is 752. The Hall–Kier alpha value is -2.44. The highest BCUT2D eigenvalue weighted by Gasteiger charge is 2.09. The number of hydrogen-bond acceptors (Lipinski definition) is 2. The number of hydrogen-bond donors (Lipinski definition) is 2. The predicted octanol–water partition coefficient (Wildman–Crippen LogP) is 2.61. The molecule has 1 heterocycles. The molecule has 0 atom stereocenters. The van der Waals surface area contributed by atoms with Crippen LogP contribution in [0.15, 0.2) is 23.2 Å². The number of aliphatic imine (C=N–C) groups is 1. The van der Waals surface area contributed by atoms with Crippen LogP contribution in [0, 0.1) is 25.5 Å². The molecular weight excluding hydrogens is 324 g/mol. The van der Waals surface area contributed by atoms with Gasteiger partial charge in [0, 0.05) is 31.4 Å². The van der Waals surface area contributed by atoms with Gasteiger partial charge < -0.3 is 10.6 Å². The second kappa shape index (κ2) is 8.60. The quantitative estimate of drug-likeness (QED) is 0.623. The van der Waals surface area contributed by atoms with Crippen LogP contribution in [-0.4, -0.2) is 28.8 Å². The summed E-state index contributed by atoms with van der Waals surface area (Å²) in [6.45, 7) is 7.63. The maximum absolute atomic E-state index is 13.7. The summed E-state index contributed by atoms with van der Waals surface area (Å²) < 4.78 is 28.7. The Labute approximate surface area is 147 Å². The first-order chi connectivity index (χ1) is 11.9. The zero-order valence-electron chi connectivity index (χ0n) is 15.2. The molecule has 0 unspecified atom stereocenters. The van der Waals surface area contributed by atoms with Crippen molar-refractivity contribution >= 4 is 5.96 Å². The van der Waals surface area contributed by atoms with E-state index in [0.29, 0.717) is 37.6 Å². The third-order valence-corrected chi connectivity index (χ3v) is 4.09. The topological polar surface area (TPSA) is 54.2 Å². The minimum absolute atomic E-state index is 0.349. The molecular formula is C18H25F2N5. The molecule has 7 heteroatoms. The summed E-state index contributed by atoms with van der Waals surface area (Å²) in [5, 5.41) is 10.7. The van der Waals surface area contributed by atoms with Crippen LogP contribution in [-0.2, 0) is 20.0 Å². The normalized spacial score (nSPS) is 11.7. The summed E-state index contributed by atoms with van der Waals surface area (Å²) in [4.78, 5) is 4.56. The first-order valence-corrected chi connectivity index (χ1v) is 8.37. The van der Waals surface area contributed by atoms with Crippen LogP contribution in [0.1, 0.15) is 29.4 Å². The molecule has 0 saturated heterocycles. The molecule has 2 aromatic rings. The number of nitrogens with zero attached hydrogens (tertiary/aromatic N) is 3. The molecule has 0 spiro atoms. The Balaban J connectivity index is 1.99. The summed E-state index contributed by atoms with van der Waals surface area (Å²) in [6.07, 6.45) is 0.374. The summed E-state index contributed by atoms with van der Waals surface area (Å²) >= 11 is 0. The minimum atomic E-state index is -0.431. The van der Waals surface area contributed by atoms with Gasteiger partial charge in [-0.25, -0.2) is 13.8 Å². The molecule has 1 aromatic carbocycles. The van der Waals surface area contributed by atoms with Gasteiger partial charge in [0.2, 0.25) is 0 Å². The van der Waals surface area contributed by atoms with Crippen LogP contribution < -0.4 is 10.6 Å². The summed E-state index contributed by atoms with van der Waals surface area (Å²) in [5.41, 5.74) is 3.48. The highest BCUT2D eigenvalue weighted by molar-refractivity contribution is 5.79. The molecule has 0 aliphatic heterocycles. The van der Waals surface area contributed by atoms with Crippen molar-refractivity contribution in [3.63, 3.8) is 0 Å². The molecule has 25 heavy (non-hydrogen) atoms. The van der Waals surface area contributed by atoms with Crippen molar-refractivity contribution in [2.24, 2.45) is 12.0 Å². The predicted molar refractivity (Wildman–Crippen MR) is 95.6 cm³/mol. The van der Waals surface area contributed by atoms with Crippen molar-refractivity contribution in [3.8, 4) is 0 Å². The second-order valence-corrected chi connectivity index (χ2v) is 5.88. The van der Waals surface area contributed by atoms with E-state index in [1.165, 1.54) is 6.07 Å². The lowest BCUT2D eigenvalue weighted by molar-refractivity contribution is 0.583. The fourth-order valence-corrected chi connectivity index (χ4v) is 2.60. The Morgan fingerprint density at radius 1 is 1.24 bits per heavy atom. The molecule has 5 nitrogen and oxygen atoms in total. The van der Waals surface area contributed by atoms with Crippen molar-refractivity contribution in [1.82, 2.24) is 20.4 Å². The highest BCUT2D eigenvalue weighted by atomic mass is 19.1. The summed E-state index contributed by atoms with van der Waals surface area (Å²) in [6, 6.07) is 3.50. The third-order valence-electron chi connectivity index (χ3n) is 4.09. The smallest absolute Gasteiger partial charge is 0.191 e. The van der Waals surface area contributed by atoms with E-state index in [0.717, 1.165) is 29.1 Å². The molecule has 1 aromatic heterocycles. The zero-order valence-corrected chi connectivity index (χ0v) is 15.2. The van der Waals surface area contributed by atoms with Crippen molar-refractivity contribution in [2.45, 2.75) is 33.7 Å². The van der Waals surface area contributed by atoms with Gasteiger partial charge in [-0.05, 0) is 51.0 Å². The van der Waals surface area contributed by atoms with Gasteiger partial charge >= 0.3 is 0 Å². The zero-order chi connectivity index (χ0) is 18.4. The van der Waals surface area contributed by atoms with E-state index in [-0.39, 0.29) is 0 Å². The number of halogens is 2. The molecule has 2 rings (SSSR count). The Morgan fingerprint density at radius 2 is 2.00 bits per heavy atom. The van der Waals surface area contributed by atoms with Gasteiger partial charge in [0.15, 0.2) is 5.96 Å². The van der Waals surface area contributed by atoms with Gasteiger partial charge in [0.25, 0.3) is 0 Å². The van der Waals surface area contributed by atoms with E-state index >= 15 is 0 Å². The van der Waals surface area contributed by atoms with Gasteiger partial charge in [-0.1, -0.05) is 0 Å². The molecule has 136 valence electrons. The van der Waals surface area contributed by atoms with E-state index in [9.17, 15) is 8.78 Å². The Kier molecular flexibility index (Phi) is 6.50. The van der Waals surface area contributed by atoms with Crippen LogP contribution in [0.3, 0.4) is 0 Å². The minimum Gasteiger partial charge on any atom is -0.357 e. The molecule has 0 radical (unpaired) electrons. The maximum Gasteiger partial charge on any atom is 0.191 e. The van der Waals surface area contributed by atoms with Crippen LogP contribution in [0.5, 0.6) is 0 Å². The van der Waals surface area contributed by atoms with Crippen LogP contribution in [0.2, 0.25) is 0 Å². The molecule has 0 aliphatic carbocycles. The van der Waals surface area contributed by atoms with E-state index < -0.39 is 11.6 Å². The van der Waals surface area contributed by atoms with Crippen molar-refractivity contribution in [2.75, 3.05) is 13.1 Å². The lowest BCUT2D eigenvalue weighted by atomic mass is 10.1. The summed E-state index contributed by atoms with van der Waals surface area (Å²) in [5.74, 6) is -0.187. The standard InChI is InChI=1S/C18H25F2N5/c1-5-21-18(23-11-16-12(2)24-25(4)13(16)3)22-9-8-14-10-15(19)6-7-17(14)20/h6-7,10H,5,8-9,11H2,1-4H3,(H2,21,22,23). The van der Waals surface area contributed by atoms with E-state index in [1.54, 1.807) is 0 Å². The molecule has 0 saturated carbocycles. The van der Waals surface area contributed by atoms with E-state index in [1.807, 2.05) is 32.5 Å². The largest absolute Gasteiger partial charge is 0.357 e. The lowest BCUT2D eigenvalue weighted by Gasteiger charge is -2.12. The number of rotatable bonds is 6. The fourth-order valence-electron chi connectivity index (χ4n) is 2.60. The van der Waals surface area contributed by atoms with Crippen molar-refractivity contribution in [1.29, 1.82) is 0 Å². The fraction of sp³-hybridized carbons (Fsp3) is 0.444. The molecule has 0 aliphatic rings. The molecule has 0 amide bonds. The van der Waals surface area contributed by atoms with Gasteiger partial charge in [0.05, 0.1) is 12.2 Å². The molecule has 0 bridgehead atoms.